The van der Waals surface area contributed by atoms with Gasteiger partial charge in [0, 0.05) is 38.8 Å². The minimum atomic E-state index is 0.199. The molecule has 0 aromatic heterocycles. The number of fused-ring (bicyclic) bond motifs is 1. The Hall–Kier alpha value is -2.82. The van der Waals surface area contributed by atoms with Gasteiger partial charge in [0.05, 0.1) is 0 Å². The third-order valence-corrected chi connectivity index (χ3v) is 4.81. The fourth-order valence-electron chi connectivity index (χ4n) is 3.41. The quantitative estimate of drug-likeness (QED) is 0.471. The molecule has 0 aliphatic carbocycles. The lowest BCUT2D eigenvalue weighted by Crippen LogP contribution is -2.38. The van der Waals surface area contributed by atoms with E-state index in [1.54, 1.807) is 7.05 Å². The lowest BCUT2D eigenvalue weighted by atomic mass is 10.1. The van der Waals surface area contributed by atoms with Crippen LogP contribution in [0.4, 0.5) is 5.69 Å². The lowest BCUT2D eigenvalue weighted by molar-refractivity contribution is -0.118. The van der Waals surface area contributed by atoms with E-state index in [-0.39, 0.29) is 5.91 Å². The summed E-state index contributed by atoms with van der Waals surface area (Å²) in [6.45, 7) is 4.33. The van der Waals surface area contributed by atoms with Crippen LogP contribution in [-0.2, 0) is 17.8 Å². The average molecular weight is 364 g/mol. The van der Waals surface area contributed by atoms with Crippen molar-refractivity contribution in [1.29, 1.82) is 0 Å². The molecule has 5 heteroatoms. The molecule has 2 aromatic carbocycles. The Morgan fingerprint density at radius 3 is 2.81 bits per heavy atom. The first-order valence-corrected chi connectivity index (χ1v) is 9.55. The van der Waals surface area contributed by atoms with Crippen molar-refractivity contribution in [3.63, 3.8) is 0 Å². The second-order valence-electron chi connectivity index (χ2n) is 6.87. The van der Waals surface area contributed by atoms with Gasteiger partial charge in [0.1, 0.15) is 0 Å². The molecule has 0 radical (unpaired) electrons. The minimum Gasteiger partial charge on any atom is -0.356 e. The Balaban J connectivity index is 1.39. The summed E-state index contributed by atoms with van der Waals surface area (Å²) in [6, 6.07) is 16.6. The van der Waals surface area contributed by atoms with Gasteiger partial charge in [-0.2, -0.15) is 0 Å². The van der Waals surface area contributed by atoms with Crippen molar-refractivity contribution in [3.05, 3.63) is 65.2 Å². The molecule has 0 spiro atoms. The van der Waals surface area contributed by atoms with Gasteiger partial charge in [0.15, 0.2) is 5.96 Å². The van der Waals surface area contributed by atoms with Crippen LogP contribution in [0, 0.1) is 6.92 Å². The second-order valence-corrected chi connectivity index (χ2v) is 6.87. The van der Waals surface area contributed by atoms with Gasteiger partial charge in [0.25, 0.3) is 0 Å². The predicted octanol–water partition coefficient (Wildman–Crippen LogP) is 3.03. The maximum atomic E-state index is 12.5. The molecule has 0 unspecified atom stereocenters. The topological polar surface area (TPSA) is 56.7 Å². The molecule has 0 bridgehead atoms. The van der Waals surface area contributed by atoms with E-state index in [0.29, 0.717) is 13.0 Å². The van der Waals surface area contributed by atoms with E-state index in [2.05, 4.69) is 52.9 Å². The number of hydrogen-bond donors (Lipinski definition) is 2. The number of rotatable bonds is 6. The molecule has 1 amide bonds. The lowest BCUT2D eigenvalue weighted by Gasteiger charge is -2.17. The van der Waals surface area contributed by atoms with Crippen LogP contribution in [0.15, 0.2) is 53.5 Å². The molecular formula is C22H28N4O. The second kappa shape index (κ2) is 9.21. The molecule has 0 saturated heterocycles. The molecule has 1 heterocycles. The van der Waals surface area contributed by atoms with E-state index in [0.717, 1.165) is 37.6 Å². The normalized spacial score (nSPS) is 13.4. The zero-order valence-corrected chi connectivity index (χ0v) is 16.2. The summed E-state index contributed by atoms with van der Waals surface area (Å²) in [5, 5.41) is 6.60. The number of para-hydroxylation sites is 1. The number of aryl methyl sites for hydroxylation is 1. The average Bonchev–Trinajstić information content (AvgIpc) is 3.11. The van der Waals surface area contributed by atoms with Gasteiger partial charge in [-0.15, -0.1) is 0 Å². The Morgan fingerprint density at radius 2 is 2.00 bits per heavy atom. The molecular weight excluding hydrogens is 336 g/mol. The summed E-state index contributed by atoms with van der Waals surface area (Å²) in [7, 11) is 1.76. The summed E-state index contributed by atoms with van der Waals surface area (Å²) in [4.78, 5) is 18.7. The van der Waals surface area contributed by atoms with Gasteiger partial charge < -0.3 is 15.5 Å². The monoisotopic (exact) mass is 364 g/mol. The van der Waals surface area contributed by atoms with Crippen LogP contribution in [0.1, 0.15) is 29.5 Å². The molecule has 2 N–H and O–H groups in total. The molecule has 142 valence electrons. The Morgan fingerprint density at radius 1 is 1.15 bits per heavy atom. The molecule has 0 fully saturated rings. The van der Waals surface area contributed by atoms with E-state index in [1.165, 1.54) is 16.7 Å². The number of anilines is 1. The smallest absolute Gasteiger partial charge is 0.227 e. The van der Waals surface area contributed by atoms with Gasteiger partial charge in [-0.25, -0.2) is 0 Å². The van der Waals surface area contributed by atoms with E-state index in [4.69, 9.17) is 0 Å². The highest BCUT2D eigenvalue weighted by Crippen LogP contribution is 2.27. The number of nitrogens with zero attached hydrogens (tertiary/aromatic N) is 2. The largest absolute Gasteiger partial charge is 0.356 e. The first kappa shape index (κ1) is 19.0. The predicted molar refractivity (Wildman–Crippen MR) is 111 cm³/mol. The number of guanidine groups is 1. The van der Waals surface area contributed by atoms with Crippen molar-refractivity contribution in [2.45, 2.75) is 32.7 Å². The summed E-state index contributed by atoms with van der Waals surface area (Å²) in [6.07, 6.45) is 2.27. The number of carbonyl (C=O) groups excluding carboxylic acids is 1. The molecule has 1 aliphatic heterocycles. The molecule has 1 aliphatic rings. The van der Waals surface area contributed by atoms with Crippen molar-refractivity contribution >= 4 is 17.6 Å². The van der Waals surface area contributed by atoms with Gasteiger partial charge in [-0.3, -0.25) is 9.79 Å². The molecule has 27 heavy (non-hydrogen) atoms. The number of hydrogen-bond acceptors (Lipinski definition) is 2. The Bertz CT molecular complexity index is 815. The van der Waals surface area contributed by atoms with Crippen LogP contribution < -0.4 is 15.5 Å². The van der Waals surface area contributed by atoms with Crippen molar-refractivity contribution in [3.8, 4) is 0 Å². The van der Waals surface area contributed by atoms with Crippen molar-refractivity contribution in [2.75, 3.05) is 25.0 Å². The third kappa shape index (κ3) is 5.09. The van der Waals surface area contributed by atoms with Crippen LogP contribution in [0.2, 0.25) is 0 Å². The van der Waals surface area contributed by atoms with Gasteiger partial charge in [0.2, 0.25) is 5.91 Å². The van der Waals surface area contributed by atoms with E-state index in [9.17, 15) is 4.79 Å². The van der Waals surface area contributed by atoms with E-state index < -0.39 is 0 Å². The molecule has 5 nitrogen and oxygen atoms in total. The number of aliphatic imine (C=N–C) groups is 1. The zero-order valence-electron chi connectivity index (χ0n) is 16.2. The maximum Gasteiger partial charge on any atom is 0.227 e. The first-order valence-electron chi connectivity index (χ1n) is 9.55. The molecule has 0 atom stereocenters. The minimum absolute atomic E-state index is 0.199. The molecule has 3 rings (SSSR count). The Labute approximate surface area is 161 Å². The summed E-state index contributed by atoms with van der Waals surface area (Å²) in [5.74, 6) is 0.958. The van der Waals surface area contributed by atoms with Crippen LogP contribution in [0.25, 0.3) is 0 Å². The van der Waals surface area contributed by atoms with Crippen LogP contribution in [-0.4, -0.2) is 32.0 Å². The van der Waals surface area contributed by atoms with Crippen LogP contribution in [0.5, 0.6) is 0 Å². The first-order chi connectivity index (χ1) is 13.2. The van der Waals surface area contributed by atoms with Gasteiger partial charge in [-0.1, -0.05) is 48.0 Å². The van der Waals surface area contributed by atoms with Crippen LogP contribution in [0.3, 0.4) is 0 Å². The number of carbonyl (C=O) groups is 1. The van der Waals surface area contributed by atoms with E-state index >= 15 is 0 Å². The fourth-order valence-corrected chi connectivity index (χ4v) is 3.41. The molecule has 2 aromatic rings. The summed E-state index contributed by atoms with van der Waals surface area (Å²) < 4.78 is 0. The number of benzene rings is 2. The van der Waals surface area contributed by atoms with Gasteiger partial charge in [-0.05, 0) is 37.0 Å². The standard InChI is InChI=1S/C22H28N4O/c1-17-7-5-8-18(15-17)16-25-22(23-2)24-13-6-11-21(27)26-14-12-19-9-3-4-10-20(19)26/h3-5,7-10,15H,6,11-14,16H2,1-2H3,(H2,23,24,25). The van der Waals surface area contributed by atoms with Crippen molar-refractivity contribution in [1.82, 2.24) is 10.6 Å². The Kier molecular flexibility index (Phi) is 6.47. The zero-order chi connectivity index (χ0) is 19.1. The number of amides is 1. The highest BCUT2D eigenvalue weighted by molar-refractivity contribution is 5.95. The SMILES string of the molecule is CN=C(NCCCC(=O)N1CCc2ccccc21)NCc1cccc(C)c1. The third-order valence-electron chi connectivity index (χ3n) is 4.81. The van der Waals surface area contributed by atoms with Gasteiger partial charge >= 0.3 is 0 Å². The van der Waals surface area contributed by atoms with Crippen molar-refractivity contribution < 1.29 is 4.79 Å². The highest BCUT2D eigenvalue weighted by atomic mass is 16.2. The fraction of sp³-hybridized carbons (Fsp3) is 0.364. The highest BCUT2D eigenvalue weighted by Gasteiger charge is 2.23. The van der Waals surface area contributed by atoms with E-state index in [1.807, 2.05) is 23.1 Å². The van der Waals surface area contributed by atoms with Crippen molar-refractivity contribution in [2.24, 2.45) is 4.99 Å². The number of nitrogens with one attached hydrogen (secondary N) is 2. The molecule has 0 saturated carbocycles. The maximum absolute atomic E-state index is 12.5. The summed E-state index contributed by atoms with van der Waals surface area (Å²) in [5.41, 5.74) is 4.82. The van der Waals surface area contributed by atoms with Crippen LogP contribution >= 0.6 is 0 Å². The summed E-state index contributed by atoms with van der Waals surface area (Å²) >= 11 is 0.